The molecule has 0 spiro atoms. The van der Waals surface area contributed by atoms with Crippen LogP contribution in [0.5, 0.6) is 0 Å². The summed E-state index contributed by atoms with van der Waals surface area (Å²) >= 11 is 0. The van der Waals surface area contributed by atoms with Gasteiger partial charge < -0.3 is 18.6 Å². The molecule has 0 aromatic heterocycles. The van der Waals surface area contributed by atoms with Crippen LogP contribution in [0.15, 0.2) is 0 Å². The van der Waals surface area contributed by atoms with Crippen molar-refractivity contribution < 1.29 is 22.9 Å². The minimum atomic E-state index is -2.66. The van der Waals surface area contributed by atoms with Gasteiger partial charge >= 0.3 is 8.80 Å². The maximum absolute atomic E-state index is 12.2. The summed E-state index contributed by atoms with van der Waals surface area (Å²) in [6.45, 7) is 11.7. The standard InChI is InChI=1S/C17H35NO5Si/c1-6-12-16(19)15(7-2)17(20)18-13-11-14-24(21-8-3,22-9-4)23-10-5/h15H,6-14H2,1-5H3,(H,18,20). The van der Waals surface area contributed by atoms with Gasteiger partial charge in [0, 0.05) is 38.8 Å². The van der Waals surface area contributed by atoms with Crippen molar-refractivity contribution in [3.8, 4) is 0 Å². The Morgan fingerprint density at radius 2 is 1.50 bits per heavy atom. The number of hydrogen-bond acceptors (Lipinski definition) is 5. The van der Waals surface area contributed by atoms with Gasteiger partial charge in [-0.3, -0.25) is 9.59 Å². The molecule has 0 aliphatic heterocycles. The second-order valence-corrected chi connectivity index (χ2v) is 8.29. The monoisotopic (exact) mass is 361 g/mol. The Kier molecular flexibility index (Phi) is 13.1. The quantitative estimate of drug-likeness (QED) is 0.276. The average molecular weight is 362 g/mol. The van der Waals surface area contributed by atoms with Crippen LogP contribution in [0.4, 0.5) is 0 Å². The Morgan fingerprint density at radius 3 is 1.92 bits per heavy atom. The van der Waals surface area contributed by atoms with Crippen molar-refractivity contribution in [3.05, 3.63) is 0 Å². The molecule has 1 amide bonds. The first-order valence-corrected chi connectivity index (χ1v) is 11.2. The van der Waals surface area contributed by atoms with E-state index >= 15 is 0 Å². The summed E-state index contributed by atoms with van der Waals surface area (Å²) in [5.74, 6) is -0.677. The Morgan fingerprint density at radius 1 is 0.958 bits per heavy atom. The molecule has 0 aliphatic rings. The smallest absolute Gasteiger partial charge is 0.374 e. The number of hydrogen-bond donors (Lipinski definition) is 1. The van der Waals surface area contributed by atoms with E-state index in [1.807, 2.05) is 34.6 Å². The SMILES string of the molecule is CCCC(=O)C(CC)C(=O)NCCC[Si](OCC)(OCC)OCC. The molecule has 1 N–H and O–H groups in total. The zero-order chi connectivity index (χ0) is 18.4. The van der Waals surface area contributed by atoms with Gasteiger partial charge in [0.25, 0.3) is 0 Å². The molecule has 24 heavy (non-hydrogen) atoms. The van der Waals surface area contributed by atoms with Crippen LogP contribution in [0.2, 0.25) is 6.04 Å². The third-order valence-electron chi connectivity index (χ3n) is 3.66. The molecule has 0 bridgehead atoms. The Hall–Kier alpha value is -0.763. The van der Waals surface area contributed by atoms with Crippen molar-refractivity contribution in [1.82, 2.24) is 5.32 Å². The number of nitrogens with one attached hydrogen (secondary N) is 1. The zero-order valence-corrected chi connectivity index (χ0v) is 17.0. The van der Waals surface area contributed by atoms with Gasteiger partial charge in [-0.2, -0.15) is 0 Å². The van der Waals surface area contributed by atoms with Crippen molar-refractivity contribution in [1.29, 1.82) is 0 Å². The van der Waals surface area contributed by atoms with Gasteiger partial charge in [-0.05, 0) is 40.0 Å². The van der Waals surface area contributed by atoms with Gasteiger partial charge in [-0.1, -0.05) is 13.8 Å². The number of Topliss-reactive ketones (excluding diaryl/α,β-unsaturated/α-hetero) is 1. The van der Waals surface area contributed by atoms with Crippen LogP contribution in [0, 0.1) is 5.92 Å². The Bertz CT molecular complexity index is 348. The number of amides is 1. The largest absolute Gasteiger partial charge is 0.500 e. The third-order valence-corrected chi connectivity index (χ3v) is 6.81. The summed E-state index contributed by atoms with van der Waals surface area (Å²) in [4.78, 5) is 24.1. The highest BCUT2D eigenvalue weighted by atomic mass is 28.4. The Labute approximate surface area is 148 Å². The second kappa shape index (κ2) is 13.5. The minimum Gasteiger partial charge on any atom is -0.374 e. The van der Waals surface area contributed by atoms with E-state index in [2.05, 4.69) is 5.32 Å². The van der Waals surface area contributed by atoms with Gasteiger partial charge in [0.15, 0.2) is 0 Å². The van der Waals surface area contributed by atoms with Gasteiger partial charge in [0.1, 0.15) is 5.78 Å². The normalized spacial score (nSPS) is 12.9. The fraction of sp³-hybridized carbons (Fsp3) is 0.882. The molecule has 6 nitrogen and oxygen atoms in total. The van der Waals surface area contributed by atoms with Crippen LogP contribution in [0.25, 0.3) is 0 Å². The number of rotatable bonds is 15. The van der Waals surface area contributed by atoms with Gasteiger partial charge in [0.05, 0.1) is 5.92 Å². The van der Waals surface area contributed by atoms with E-state index in [4.69, 9.17) is 13.3 Å². The van der Waals surface area contributed by atoms with Crippen LogP contribution >= 0.6 is 0 Å². The summed E-state index contributed by atoms with van der Waals surface area (Å²) in [7, 11) is -2.66. The number of ketones is 1. The van der Waals surface area contributed by atoms with Crippen molar-refractivity contribution in [2.45, 2.75) is 66.3 Å². The van der Waals surface area contributed by atoms with E-state index in [0.717, 1.165) is 6.42 Å². The van der Waals surface area contributed by atoms with Gasteiger partial charge in [-0.25, -0.2) is 0 Å². The molecule has 0 fully saturated rings. The van der Waals surface area contributed by atoms with Gasteiger partial charge in [0.2, 0.25) is 5.91 Å². The predicted molar refractivity (Wildman–Crippen MR) is 96.8 cm³/mol. The van der Waals surface area contributed by atoms with Crippen molar-refractivity contribution in [2.75, 3.05) is 26.4 Å². The average Bonchev–Trinajstić information content (AvgIpc) is 2.53. The molecular formula is C17H35NO5Si. The molecule has 0 aromatic rings. The summed E-state index contributed by atoms with van der Waals surface area (Å²) < 4.78 is 17.4. The maximum atomic E-state index is 12.2. The lowest BCUT2D eigenvalue weighted by atomic mass is 9.97. The predicted octanol–water partition coefficient (Wildman–Crippen LogP) is 2.94. The molecule has 0 saturated heterocycles. The molecule has 0 heterocycles. The fourth-order valence-corrected chi connectivity index (χ4v) is 5.23. The lowest BCUT2D eigenvalue weighted by Crippen LogP contribution is -2.46. The highest BCUT2D eigenvalue weighted by molar-refractivity contribution is 6.60. The maximum Gasteiger partial charge on any atom is 0.500 e. The van der Waals surface area contributed by atoms with Crippen LogP contribution in [-0.4, -0.2) is 46.9 Å². The van der Waals surface area contributed by atoms with Crippen molar-refractivity contribution >= 4 is 20.5 Å². The highest BCUT2D eigenvalue weighted by Crippen LogP contribution is 2.18. The van der Waals surface area contributed by atoms with Crippen molar-refractivity contribution in [2.24, 2.45) is 5.92 Å². The van der Waals surface area contributed by atoms with E-state index < -0.39 is 14.7 Å². The first-order valence-electron chi connectivity index (χ1n) is 9.22. The molecular weight excluding hydrogens is 326 g/mol. The fourth-order valence-electron chi connectivity index (χ4n) is 2.62. The summed E-state index contributed by atoms with van der Waals surface area (Å²) in [6.07, 6.45) is 2.48. The molecule has 0 aliphatic carbocycles. The van der Waals surface area contributed by atoms with E-state index in [1.54, 1.807) is 0 Å². The summed E-state index contributed by atoms with van der Waals surface area (Å²) in [6, 6.07) is 0.655. The number of carbonyl (C=O) groups is 2. The summed E-state index contributed by atoms with van der Waals surface area (Å²) in [5.41, 5.74) is 0. The third kappa shape index (κ3) is 8.37. The topological polar surface area (TPSA) is 73.9 Å². The highest BCUT2D eigenvalue weighted by Gasteiger charge is 2.39. The van der Waals surface area contributed by atoms with E-state index in [9.17, 15) is 9.59 Å². The zero-order valence-electron chi connectivity index (χ0n) is 16.0. The molecule has 0 rings (SSSR count). The van der Waals surface area contributed by atoms with Crippen LogP contribution < -0.4 is 5.32 Å². The lowest BCUT2D eigenvalue weighted by Gasteiger charge is -2.28. The van der Waals surface area contributed by atoms with E-state index in [1.165, 1.54) is 0 Å². The molecule has 142 valence electrons. The molecule has 0 saturated carbocycles. The van der Waals surface area contributed by atoms with E-state index in [-0.39, 0.29) is 11.7 Å². The van der Waals surface area contributed by atoms with Crippen LogP contribution in [0.1, 0.15) is 60.3 Å². The number of carbonyl (C=O) groups excluding carboxylic acids is 2. The first kappa shape index (κ1) is 23.2. The molecule has 0 radical (unpaired) electrons. The first-order chi connectivity index (χ1) is 11.5. The molecule has 1 unspecified atom stereocenters. The lowest BCUT2D eigenvalue weighted by molar-refractivity contribution is -0.134. The van der Waals surface area contributed by atoms with E-state index in [0.29, 0.717) is 51.7 Å². The van der Waals surface area contributed by atoms with Gasteiger partial charge in [-0.15, -0.1) is 0 Å². The molecule has 7 heteroatoms. The Balaban J connectivity index is 4.45. The van der Waals surface area contributed by atoms with Crippen LogP contribution in [0.3, 0.4) is 0 Å². The van der Waals surface area contributed by atoms with Crippen molar-refractivity contribution in [3.63, 3.8) is 0 Å². The van der Waals surface area contributed by atoms with Crippen LogP contribution in [-0.2, 0) is 22.9 Å². The molecule has 0 aromatic carbocycles. The summed E-state index contributed by atoms with van der Waals surface area (Å²) in [5, 5.41) is 2.87. The molecule has 1 atom stereocenters. The minimum absolute atomic E-state index is 0.0270. The second-order valence-electron chi connectivity index (χ2n) is 5.55.